The summed E-state index contributed by atoms with van der Waals surface area (Å²) in [6, 6.07) is 0. The highest BCUT2D eigenvalue weighted by atomic mass is 35.5. The lowest BCUT2D eigenvalue weighted by atomic mass is 9.82. The first-order valence-corrected chi connectivity index (χ1v) is 7.93. The third kappa shape index (κ3) is 4.06. The van der Waals surface area contributed by atoms with Crippen LogP contribution in [0.25, 0.3) is 0 Å². The summed E-state index contributed by atoms with van der Waals surface area (Å²) in [6.07, 6.45) is 5.64. The number of halogens is 1. The topological polar surface area (TPSA) is 66.9 Å². The Morgan fingerprint density at radius 2 is 2.14 bits per heavy atom. The van der Waals surface area contributed by atoms with Gasteiger partial charge in [-0.15, -0.1) is 0 Å². The second-order valence-corrected chi connectivity index (χ2v) is 6.52. The first-order valence-electron chi connectivity index (χ1n) is 7.55. The normalized spacial score (nSPS) is 22.1. The van der Waals surface area contributed by atoms with E-state index in [1.54, 1.807) is 0 Å². The number of amides is 1. The fourth-order valence-electron chi connectivity index (χ4n) is 2.88. The van der Waals surface area contributed by atoms with Gasteiger partial charge in [0.1, 0.15) is 11.5 Å². The Morgan fingerprint density at radius 1 is 1.38 bits per heavy atom. The highest BCUT2D eigenvalue weighted by Crippen LogP contribution is 2.29. The van der Waals surface area contributed by atoms with Crippen LogP contribution in [0.2, 0.25) is 5.15 Å². The zero-order chi connectivity index (χ0) is 15.4. The molecule has 1 aliphatic carbocycles. The first-order chi connectivity index (χ1) is 9.99. The molecule has 5 nitrogen and oxygen atoms in total. The van der Waals surface area contributed by atoms with Crippen molar-refractivity contribution in [2.24, 2.45) is 11.8 Å². The van der Waals surface area contributed by atoms with E-state index >= 15 is 0 Å². The SMILES string of the molecule is CC(C)c1c(Cl)ncnc1NNC(=O)[C@H]1CCC[C@H](C)C1. The van der Waals surface area contributed by atoms with Crippen LogP contribution < -0.4 is 10.9 Å². The molecule has 1 aromatic rings. The van der Waals surface area contributed by atoms with Crippen LogP contribution in [0, 0.1) is 11.8 Å². The molecule has 0 bridgehead atoms. The smallest absolute Gasteiger partial charge is 0.241 e. The van der Waals surface area contributed by atoms with E-state index in [4.69, 9.17) is 11.6 Å². The predicted molar refractivity (Wildman–Crippen MR) is 84.0 cm³/mol. The Hall–Kier alpha value is -1.36. The molecule has 1 heterocycles. The minimum absolute atomic E-state index is 0.0333. The van der Waals surface area contributed by atoms with Gasteiger partial charge in [0.25, 0.3) is 0 Å². The highest BCUT2D eigenvalue weighted by Gasteiger charge is 2.25. The van der Waals surface area contributed by atoms with Crippen LogP contribution in [0.1, 0.15) is 57.9 Å². The number of hydrogen-bond donors (Lipinski definition) is 2. The van der Waals surface area contributed by atoms with E-state index < -0.39 is 0 Å². The van der Waals surface area contributed by atoms with Gasteiger partial charge in [-0.1, -0.05) is 45.2 Å². The molecule has 0 aromatic carbocycles. The third-order valence-corrected chi connectivity index (χ3v) is 4.33. The number of hydrogen-bond acceptors (Lipinski definition) is 4. The van der Waals surface area contributed by atoms with Crippen molar-refractivity contribution in [1.29, 1.82) is 0 Å². The van der Waals surface area contributed by atoms with Crippen LogP contribution >= 0.6 is 11.6 Å². The lowest BCUT2D eigenvalue weighted by Crippen LogP contribution is -2.37. The standard InChI is InChI=1S/C15H23ClN4O/c1-9(2)12-13(16)17-8-18-14(12)19-20-15(21)11-6-4-5-10(3)7-11/h8-11H,4-7H2,1-3H3,(H,20,21)(H,17,18,19)/t10-,11-/m0/s1. The van der Waals surface area contributed by atoms with Crippen molar-refractivity contribution in [2.45, 2.75) is 52.4 Å². The van der Waals surface area contributed by atoms with E-state index in [0.29, 0.717) is 16.9 Å². The number of carbonyl (C=O) groups is 1. The minimum atomic E-state index is 0.0333. The summed E-state index contributed by atoms with van der Waals surface area (Å²) < 4.78 is 0. The lowest BCUT2D eigenvalue weighted by Gasteiger charge is -2.26. The lowest BCUT2D eigenvalue weighted by molar-refractivity contribution is -0.125. The second-order valence-electron chi connectivity index (χ2n) is 6.16. The molecule has 0 saturated heterocycles. The van der Waals surface area contributed by atoms with Gasteiger partial charge in [0, 0.05) is 11.5 Å². The number of nitrogens with one attached hydrogen (secondary N) is 2. The van der Waals surface area contributed by atoms with Gasteiger partial charge in [-0.3, -0.25) is 15.6 Å². The van der Waals surface area contributed by atoms with Crippen molar-refractivity contribution >= 4 is 23.3 Å². The summed E-state index contributed by atoms with van der Waals surface area (Å²) in [5.41, 5.74) is 6.50. The maximum atomic E-state index is 12.2. The molecule has 1 aliphatic rings. The van der Waals surface area contributed by atoms with Crippen LogP contribution in [0.15, 0.2) is 6.33 Å². The van der Waals surface area contributed by atoms with Crippen molar-refractivity contribution in [1.82, 2.24) is 15.4 Å². The molecule has 6 heteroatoms. The van der Waals surface area contributed by atoms with Crippen molar-refractivity contribution < 1.29 is 4.79 Å². The van der Waals surface area contributed by atoms with E-state index in [0.717, 1.165) is 24.8 Å². The summed E-state index contributed by atoms with van der Waals surface area (Å²) in [6.45, 7) is 6.23. The summed E-state index contributed by atoms with van der Waals surface area (Å²) >= 11 is 6.10. The first kappa shape index (κ1) is 16.0. The Bertz CT molecular complexity index is 506. The van der Waals surface area contributed by atoms with Gasteiger partial charge in [-0.05, 0) is 24.7 Å². The average molecular weight is 311 g/mol. The maximum Gasteiger partial charge on any atom is 0.241 e. The van der Waals surface area contributed by atoms with Crippen molar-refractivity contribution in [2.75, 3.05) is 5.43 Å². The molecule has 116 valence electrons. The van der Waals surface area contributed by atoms with Gasteiger partial charge in [0.2, 0.25) is 5.91 Å². The Labute approximate surface area is 130 Å². The number of carbonyl (C=O) groups excluding carboxylic acids is 1. The number of rotatable bonds is 4. The molecule has 0 unspecified atom stereocenters. The molecule has 1 fully saturated rings. The quantitative estimate of drug-likeness (QED) is 0.659. The number of anilines is 1. The van der Waals surface area contributed by atoms with Crippen LogP contribution in [-0.4, -0.2) is 15.9 Å². The summed E-state index contributed by atoms with van der Waals surface area (Å²) in [7, 11) is 0. The summed E-state index contributed by atoms with van der Waals surface area (Å²) in [5, 5.41) is 0.419. The molecule has 21 heavy (non-hydrogen) atoms. The molecule has 0 spiro atoms. The number of hydrazine groups is 1. The zero-order valence-corrected chi connectivity index (χ0v) is 13.6. The van der Waals surface area contributed by atoms with E-state index in [9.17, 15) is 4.79 Å². The average Bonchev–Trinajstić information content (AvgIpc) is 2.44. The Morgan fingerprint density at radius 3 is 2.81 bits per heavy atom. The van der Waals surface area contributed by atoms with E-state index in [2.05, 4.69) is 27.7 Å². The summed E-state index contributed by atoms with van der Waals surface area (Å²) in [4.78, 5) is 20.4. The summed E-state index contributed by atoms with van der Waals surface area (Å²) in [5.74, 6) is 1.48. The molecule has 1 saturated carbocycles. The van der Waals surface area contributed by atoms with Gasteiger partial charge in [0.15, 0.2) is 5.82 Å². The van der Waals surface area contributed by atoms with Crippen molar-refractivity contribution in [3.8, 4) is 0 Å². The van der Waals surface area contributed by atoms with Gasteiger partial charge < -0.3 is 0 Å². The van der Waals surface area contributed by atoms with Gasteiger partial charge >= 0.3 is 0 Å². The monoisotopic (exact) mass is 310 g/mol. The number of aromatic nitrogens is 2. The van der Waals surface area contributed by atoms with E-state index in [-0.39, 0.29) is 17.7 Å². The Kier molecular flexibility index (Phi) is 5.39. The van der Waals surface area contributed by atoms with Crippen LogP contribution in [0.4, 0.5) is 5.82 Å². The molecule has 2 N–H and O–H groups in total. The molecule has 0 radical (unpaired) electrons. The van der Waals surface area contributed by atoms with Crippen LogP contribution in [-0.2, 0) is 4.79 Å². The molecule has 0 aliphatic heterocycles. The molecule has 2 atom stereocenters. The van der Waals surface area contributed by atoms with Crippen molar-refractivity contribution in [3.63, 3.8) is 0 Å². The molecular formula is C15H23ClN4O. The third-order valence-electron chi connectivity index (χ3n) is 4.02. The minimum Gasteiger partial charge on any atom is -0.281 e. The van der Waals surface area contributed by atoms with Crippen LogP contribution in [0.3, 0.4) is 0 Å². The zero-order valence-electron chi connectivity index (χ0n) is 12.8. The van der Waals surface area contributed by atoms with Crippen LogP contribution in [0.5, 0.6) is 0 Å². The largest absolute Gasteiger partial charge is 0.281 e. The van der Waals surface area contributed by atoms with Gasteiger partial charge in [-0.25, -0.2) is 9.97 Å². The molecule has 2 rings (SSSR count). The second kappa shape index (κ2) is 7.07. The molecule has 1 aromatic heterocycles. The van der Waals surface area contributed by atoms with Gasteiger partial charge in [0.05, 0.1) is 0 Å². The van der Waals surface area contributed by atoms with Gasteiger partial charge in [-0.2, -0.15) is 0 Å². The highest BCUT2D eigenvalue weighted by molar-refractivity contribution is 6.30. The molecule has 1 amide bonds. The predicted octanol–water partition coefficient (Wildman–Crippen LogP) is 3.52. The fraction of sp³-hybridized carbons (Fsp3) is 0.667. The Balaban J connectivity index is 2.00. The maximum absolute atomic E-state index is 12.2. The molecular weight excluding hydrogens is 288 g/mol. The van der Waals surface area contributed by atoms with E-state index in [1.165, 1.54) is 12.7 Å². The van der Waals surface area contributed by atoms with Crippen molar-refractivity contribution in [3.05, 3.63) is 17.0 Å². The fourth-order valence-corrected chi connectivity index (χ4v) is 3.23. The van der Waals surface area contributed by atoms with E-state index in [1.807, 2.05) is 13.8 Å². The number of nitrogens with zero attached hydrogens (tertiary/aromatic N) is 2.